The third-order valence-electron chi connectivity index (χ3n) is 4.53. The molecule has 1 N–H and O–H groups in total. The zero-order valence-electron chi connectivity index (χ0n) is 15.0. The number of carbonyl (C=O) groups excluding carboxylic acids is 2. The van der Waals surface area contributed by atoms with Crippen molar-refractivity contribution in [3.63, 3.8) is 0 Å². The molecule has 2 aromatic rings. The summed E-state index contributed by atoms with van der Waals surface area (Å²) in [7, 11) is 0. The minimum atomic E-state index is -0.299. The Hall–Kier alpha value is -2.62. The minimum absolute atomic E-state index is 0.0566. The molecule has 0 saturated heterocycles. The highest BCUT2D eigenvalue weighted by Crippen LogP contribution is 2.31. The molecule has 1 aliphatic heterocycles. The molecule has 130 valence electrons. The van der Waals surface area contributed by atoms with Crippen LogP contribution in [0.1, 0.15) is 37.8 Å². The Labute approximate surface area is 148 Å². The number of anilines is 2. The molecule has 25 heavy (non-hydrogen) atoms. The fraction of sp³-hybridized carbons (Fsp3) is 0.333. The number of fused-ring (bicyclic) bond motifs is 1. The first-order valence-corrected chi connectivity index (χ1v) is 8.75. The number of para-hydroxylation sites is 2. The predicted molar refractivity (Wildman–Crippen MR) is 101 cm³/mol. The maximum absolute atomic E-state index is 13.0. The minimum Gasteiger partial charge on any atom is -0.323 e. The van der Waals surface area contributed by atoms with Crippen molar-refractivity contribution >= 4 is 23.2 Å². The number of hydrogen-bond donors (Lipinski definition) is 1. The van der Waals surface area contributed by atoms with Crippen LogP contribution in [0.25, 0.3) is 0 Å². The van der Waals surface area contributed by atoms with Crippen LogP contribution in [0.5, 0.6) is 0 Å². The average molecular weight is 336 g/mol. The zero-order chi connectivity index (χ0) is 18.0. The Bertz CT molecular complexity index is 781. The Balaban J connectivity index is 1.82. The van der Waals surface area contributed by atoms with Gasteiger partial charge in [-0.3, -0.25) is 9.59 Å². The largest absolute Gasteiger partial charge is 0.323 e. The molecule has 1 heterocycles. The van der Waals surface area contributed by atoms with E-state index in [1.807, 2.05) is 43.3 Å². The van der Waals surface area contributed by atoms with Crippen LogP contribution in [-0.2, 0) is 16.0 Å². The van der Waals surface area contributed by atoms with Crippen molar-refractivity contribution in [3.05, 3.63) is 59.7 Å². The van der Waals surface area contributed by atoms with Crippen LogP contribution in [0.3, 0.4) is 0 Å². The van der Waals surface area contributed by atoms with Gasteiger partial charge in [0.25, 0.3) is 0 Å². The van der Waals surface area contributed by atoms with Gasteiger partial charge in [-0.2, -0.15) is 0 Å². The molecule has 0 bridgehead atoms. The third-order valence-corrected chi connectivity index (χ3v) is 4.53. The molecule has 0 aromatic heterocycles. The fourth-order valence-electron chi connectivity index (χ4n) is 3.22. The second kappa shape index (κ2) is 7.09. The molecule has 0 fully saturated rings. The van der Waals surface area contributed by atoms with Gasteiger partial charge in [-0.05, 0) is 42.5 Å². The summed E-state index contributed by atoms with van der Waals surface area (Å²) >= 11 is 0. The highest BCUT2D eigenvalue weighted by Gasteiger charge is 2.30. The van der Waals surface area contributed by atoms with Crippen LogP contribution in [-0.4, -0.2) is 18.4 Å². The molecule has 0 saturated carbocycles. The number of hydrogen-bond acceptors (Lipinski definition) is 2. The standard InChI is InChI=1S/C21H24N2O2/c1-14(2)12-16-8-10-17(11-9-16)15(3)21(25)23-13-20(24)22-18-6-4-5-7-19(18)23/h4-11,14-15H,12-13H2,1-3H3,(H,22,24)/t15-/m1/s1. The Morgan fingerprint density at radius 2 is 1.76 bits per heavy atom. The van der Waals surface area contributed by atoms with Gasteiger partial charge in [-0.1, -0.05) is 50.2 Å². The normalized spacial score (nSPS) is 14.9. The highest BCUT2D eigenvalue weighted by molar-refractivity contribution is 6.11. The number of nitrogens with one attached hydrogen (secondary N) is 1. The van der Waals surface area contributed by atoms with E-state index in [-0.39, 0.29) is 24.3 Å². The van der Waals surface area contributed by atoms with Crippen molar-refractivity contribution in [2.24, 2.45) is 5.92 Å². The lowest BCUT2D eigenvalue weighted by atomic mass is 9.95. The zero-order valence-corrected chi connectivity index (χ0v) is 15.0. The topological polar surface area (TPSA) is 49.4 Å². The van der Waals surface area contributed by atoms with Crippen molar-refractivity contribution in [3.8, 4) is 0 Å². The first-order valence-electron chi connectivity index (χ1n) is 8.75. The van der Waals surface area contributed by atoms with E-state index in [0.717, 1.165) is 17.7 Å². The Morgan fingerprint density at radius 1 is 1.08 bits per heavy atom. The number of amides is 2. The van der Waals surface area contributed by atoms with Crippen LogP contribution in [0.2, 0.25) is 0 Å². The van der Waals surface area contributed by atoms with Gasteiger partial charge in [0.05, 0.1) is 17.3 Å². The summed E-state index contributed by atoms with van der Waals surface area (Å²) in [6.45, 7) is 6.35. The van der Waals surface area contributed by atoms with E-state index in [9.17, 15) is 9.59 Å². The Morgan fingerprint density at radius 3 is 2.44 bits per heavy atom. The first-order chi connectivity index (χ1) is 12.0. The molecular weight excluding hydrogens is 312 g/mol. The van der Waals surface area contributed by atoms with Crippen molar-refractivity contribution in [1.29, 1.82) is 0 Å². The Kier molecular flexibility index (Phi) is 4.88. The molecule has 1 aliphatic rings. The van der Waals surface area contributed by atoms with E-state index in [2.05, 4.69) is 31.3 Å². The molecule has 4 heteroatoms. The molecule has 0 radical (unpaired) electrons. The number of rotatable bonds is 4. The fourth-order valence-corrected chi connectivity index (χ4v) is 3.22. The molecule has 2 amide bonds. The molecule has 0 aliphatic carbocycles. The van der Waals surface area contributed by atoms with Crippen molar-refractivity contribution in [1.82, 2.24) is 0 Å². The number of carbonyl (C=O) groups is 2. The molecule has 4 nitrogen and oxygen atoms in total. The van der Waals surface area contributed by atoms with Crippen molar-refractivity contribution in [2.75, 3.05) is 16.8 Å². The van der Waals surface area contributed by atoms with Crippen LogP contribution in [0.4, 0.5) is 11.4 Å². The van der Waals surface area contributed by atoms with Gasteiger partial charge in [0.2, 0.25) is 11.8 Å². The van der Waals surface area contributed by atoms with Crippen LogP contribution < -0.4 is 10.2 Å². The maximum Gasteiger partial charge on any atom is 0.244 e. The monoisotopic (exact) mass is 336 g/mol. The summed E-state index contributed by atoms with van der Waals surface area (Å²) in [5, 5.41) is 2.82. The second-order valence-electron chi connectivity index (χ2n) is 7.05. The van der Waals surface area contributed by atoms with Gasteiger partial charge in [-0.25, -0.2) is 0 Å². The van der Waals surface area contributed by atoms with E-state index < -0.39 is 0 Å². The summed E-state index contributed by atoms with van der Waals surface area (Å²) < 4.78 is 0. The smallest absolute Gasteiger partial charge is 0.244 e. The van der Waals surface area contributed by atoms with Gasteiger partial charge in [-0.15, -0.1) is 0 Å². The summed E-state index contributed by atoms with van der Waals surface area (Å²) in [6.07, 6.45) is 1.03. The summed E-state index contributed by atoms with van der Waals surface area (Å²) in [6, 6.07) is 15.6. The summed E-state index contributed by atoms with van der Waals surface area (Å²) in [5.74, 6) is 0.0887. The van der Waals surface area contributed by atoms with E-state index in [1.54, 1.807) is 4.90 Å². The van der Waals surface area contributed by atoms with E-state index in [1.165, 1.54) is 5.56 Å². The molecule has 0 spiro atoms. The highest BCUT2D eigenvalue weighted by atomic mass is 16.2. The quantitative estimate of drug-likeness (QED) is 0.918. The lowest BCUT2D eigenvalue weighted by Crippen LogP contribution is -2.43. The van der Waals surface area contributed by atoms with Gasteiger partial charge in [0, 0.05) is 0 Å². The van der Waals surface area contributed by atoms with Crippen LogP contribution in [0.15, 0.2) is 48.5 Å². The molecular formula is C21H24N2O2. The molecule has 1 atom stereocenters. The summed E-state index contributed by atoms with van der Waals surface area (Å²) in [4.78, 5) is 26.5. The number of nitrogens with zero attached hydrogens (tertiary/aromatic N) is 1. The lowest BCUT2D eigenvalue weighted by Gasteiger charge is -2.31. The van der Waals surface area contributed by atoms with Gasteiger partial charge in [0.1, 0.15) is 6.54 Å². The van der Waals surface area contributed by atoms with E-state index in [0.29, 0.717) is 11.6 Å². The van der Waals surface area contributed by atoms with Crippen LogP contribution in [0, 0.1) is 5.92 Å². The summed E-state index contributed by atoms with van der Waals surface area (Å²) in [5.41, 5.74) is 3.70. The second-order valence-corrected chi connectivity index (χ2v) is 7.05. The first kappa shape index (κ1) is 17.2. The molecule has 0 unspecified atom stereocenters. The SMILES string of the molecule is CC(C)Cc1ccc([C@@H](C)C(=O)N2CC(=O)Nc3ccccc32)cc1. The van der Waals surface area contributed by atoms with Crippen LogP contribution >= 0.6 is 0 Å². The molecule has 2 aromatic carbocycles. The average Bonchev–Trinajstić information content (AvgIpc) is 2.60. The van der Waals surface area contributed by atoms with Crippen molar-refractivity contribution in [2.45, 2.75) is 33.1 Å². The van der Waals surface area contributed by atoms with Crippen molar-refractivity contribution < 1.29 is 9.59 Å². The molecule has 3 rings (SSSR count). The van der Waals surface area contributed by atoms with Gasteiger partial charge >= 0.3 is 0 Å². The van der Waals surface area contributed by atoms with Gasteiger partial charge < -0.3 is 10.2 Å². The van der Waals surface area contributed by atoms with E-state index >= 15 is 0 Å². The third kappa shape index (κ3) is 3.73. The predicted octanol–water partition coefficient (Wildman–Crippen LogP) is 3.97. The maximum atomic E-state index is 13.0. The lowest BCUT2D eigenvalue weighted by molar-refractivity contribution is -0.122. The van der Waals surface area contributed by atoms with E-state index in [4.69, 9.17) is 0 Å². The van der Waals surface area contributed by atoms with Gasteiger partial charge in [0.15, 0.2) is 0 Å². The number of benzene rings is 2.